The van der Waals surface area contributed by atoms with Crippen LogP contribution in [0, 0.1) is 12.8 Å². The minimum Gasteiger partial charge on any atom is -0.310 e. The first kappa shape index (κ1) is 16.5. The predicted molar refractivity (Wildman–Crippen MR) is 85.7 cm³/mol. The van der Waals surface area contributed by atoms with E-state index in [0.29, 0.717) is 36.5 Å². The van der Waals surface area contributed by atoms with Crippen LogP contribution < -0.4 is 5.32 Å². The molecule has 1 unspecified atom stereocenters. The molecule has 5 heteroatoms. The van der Waals surface area contributed by atoms with E-state index in [9.17, 15) is 8.42 Å². The molecule has 1 N–H and O–H groups in total. The van der Waals surface area contributed by atoms with Gasteiger partial charge in [0.25, 0.3) is 0 Å². The van der Waals surface area contributed by atoms with Crippen molar-refractivity contribution in [3.05, 3.63) is 29.3 Å². The van der Waals surface area contributed by atoms with E-state index in [1.54, 1.807) is 4.31 Å². The summed E-state index contributed by atoms with van der Waals surface area (Å²) in [7, 11) is -3.36. The van der Waals surface area contributed by atoms with E-state index in [-0.39, 0.29) is 0 Å². The number of benzene rings is 1. The topological polar surface area (TPSA) is 49.4 Å². The van der Waals surface area contributed by atoms with E-state index in [0.717, 1.165) is 17.5 Å². The summed E-state index contributed by atoms with van der Waals surface area (Å²) in [6.45, 7) is 10.1. The van der Waals surface area contributed by atoms with Crippen LogP contribution in [0.25, 0.3) is 0 Å². The van der Waals surface area contributed by atoms with Crippen molar-refractivity contribution in [2.24, 2.45) is 5.92 Å². The molecule has 1 atom stereocenters. The fraction of sp³-hybridized carbons (Fsp3) is 0.625. The van der Waals surface area contributed by atoms with Crippen LogP contribution in [0.4, 0.5) is 0 Å². The minimum absolute atomic E-state index is 0.380. The van der Waals surface area contributed by atoms with Crippen LogP contribution in [0.2, 0.25) is 0 Å². The average molecular weight is 310 g/mol. The normalized spacial score (nSPS) is 20.3. The lowest BCUT2D eigenvalue weighted by molar-refractivity contribution is 0.464. The maximum absolute atomic E-state index is 12.8. The third-order valence-corrected chi connectivity index (χ3v) is 5.98. The molecule has 1 aromatic rings. The second-order valence-corrected chi connectivity index (χ2v) is 8.30. The van der Waals surface area contributed by atoms with E-state index in [1.165, 1.54) is 0 Å². The van der Waals surface area contributed by atoms with Crippen LogP contribution in [-0.4, -0.2) is 31.9 Å². The Balaban J connectivity index is 2.27. The van der Waals surface area contributed by atoms with Gasteiger partial charge < -0.3 is 5.32 Å². The Bertz CT molecular complexity index is 596. The summed E-state index contributed by atoms with van der Waals surface area (Å²) in [6, 6.07) is 6.11. The summed E-state index contributed by atoms with van der Waals surface area (Å²) in [6.07, 6.45) is 0.951. The van der Waals surface area contributed by atoms with Crippen LogP contribution in [0.1, 0.15) is 38.3 Å². The highest BCUT2D eigenvalue weighted by Gasteiger charge is 2.31. The second-order valence-electron chi connectivity index (χ2n) is 6.39. The Hall–Kier alpha value is -0.910. The fourth-order valence-electron chi connectivity index (χ4n) is 2.61. The minimum atomic E-state index is -3.36. The largest absolute Gasteiger partial charge is 0.310 e. The maximum Gasteiger partial charge on any atom is 0.243 e. The Labute approximate surface area is 128 Å². The molecule has 118 valence electrons. The molecule has 0 amide bonds. The van der Waals surface area contributed by atoms with E-state index >= 15 is 0 Å². The van der Waals surface area contributed by atoms with Gasteiger partial charge in [0.2, 0.25) is 10.0 Å². The van der Waals surface area contributed by atoms with Gasteiger partial charge >= 0.3 is 0 Å². The molecule has 0 radical (unpaired) electrons. The van der Waals surface area contributed by atoms with Crippen LogP contribution in [0.5, 0.6) is 0 Å². The summed E-state index contributed by atoms with van der Waals surface area (Å²) in [5.41, 5.74) is 1.84. The standard InChI is InChI=1S/C16H26N2O2S/c1-12(2)17-10-15-6-5-14(4)16(9-15)21(19,20)18-8-7-13(3)11-18/h5-6,9,12-13,17H,7-8,10-11H2,1-4H3. The van der Waals surface area contributed by atoms with Gasteiger partial charge in [0.15, 0.2) is 0 Å². The molecule has 1 heterocycles. The van der Waals surface area contributed by atoms with Gasteiger partial charge in [-0.05, 0) is 36.5 Å². The zero-order chi connectivity index (χ0) is 15.6. The lowest BCUT2D eigenvalue weighted by Gasteiger charge is -2.18. The van der Waals surface area contributed by atoms with E-state index < -0.39 is 10.0 Å². The zero-order valence-electron chi connectivity index (χ0n) is 13.4. The summed E-state index contributed by atoms with van der Waals surface area (Å²) in [5.74, 6) is 0.450. The molecule has 1 fully saturated rings. The molecule has 2 rings (SSSR count). The highest BCUT2D eigenvalue weighted by molar-refractivity contribution is 7.89. The molecule has 1 aliphatic heterocycles. The molecule has 0 aliphatic carbocycles. The van der Waals surface area contributed by atoms with Crippen molar-refractivity contribution in [2.45, 2.75) is 51.6 Å². The summed E-state index contributed by atoms with van der Waals surface area (Å²) in [5, 5.41) is 3.33. The second kappa shape index (κ2) is 6.46. The van der Waals surface area contributed by atoms with Crippen molar-refractivity contribution in [1.29, 1.82) is 0 Å². The van der Waals surface area contributed by atoms with Crippen molar-refractivity contribution in [2.75, 3.05) is 13.1 Å². The van der Waals surface area contributed by atoms with Gasteiger partial charge in [-0.3, -0.25) is 0 Å². The predicted octanol–water partition coefficient (Wildman–Crippen LogP) is 2.52. The Morgan fingerprint density at radius 2 is 2.10 bits per heavy atom. The first-order chi connectivity index (χ1) is 9.80. The molecule has 0 bridgehead atoms. The van der Waals surface area contributed by atoms with Crippen molar-refractivity contribution < 1.29 is 8.42 Å². The number of nitrogens with zero attached hydrogens (tertiary/aromatic N) is 1. The van der Waals surface area contributed by atoms with Gasteiger partial charge in [-0.1, -0.05) is 32.9 Å². The fourth-order valence-corrected chi connectivity index (χ4v) is 4.46. The number of hydrogen-bond acceptors (Lipinski definition) is 3. The van der Waals surface area contributed by atoms with Gasteiger partial charge in [-0.2, -0.15) is 4.31 Å². The third-order valence-electron chi connectivity index (χ3n) is 3.97. The van der Waals surface area contributed by atoms with Gasteiger partial charge in [0, 0.05) is 25.7 Å². The molecule has 1 saturated heterocycles. The molecule has 21 heavy (non-hydrogen) atoms. The maximum atomic E-state index is 12.8. The molecule has 1 aromatic carbocycles. The van der Waals surface area contributed by atoms with Gasteiger partial charge in [-0.25, -0.2) is 8.42 Å². The quantitative estimate of drug-likeness (QED) is 0.909. The number of nitrogens with one attached hydrogen (secondary N) is 1. The van der Waals surface area contributed by atoms with E-state index in [1.807, 2.05) is 25.1 Å². The molecule has 1 aliphatic rings. The Morgan fingerprint density at radius 3 is 2.67 bits per heavy atom. The molecule has 0 aromatic heterocycles. The summed E-state index contributed by atoms with van der Waals surface area (Å²) in [4.78, 5) is 0.458. The molecular formula is C16H26N2O2S. The summed E-state index contributed by atoms with van der Waals surface area (Å²) >= 11 is 0. The van der Waals surface area contributed by atoms with Crippen molar-refractivity contribution in [1.82, 2.24) is 9.62 Å². The Kier molecular flexibility index (Phi) is 5.07. The number of aryl methyl sites for hydroxylation is 1. The number of sulfonamides is 1. The van der Waals surface area contributed by atoms with Gasteiger partial charge in [-0.15, -0.1) is 0 Å². The smallest absolute Gasteiger partial charge is 0.243 e. The highest BCUT2D eigenvalue weighted by Crippen LogP contribution is 2.26. The monoisotopic (exact) mass is 310 g/mol. The van der Waals surface area contributed by atoms with Crippen LogP contribution in [-0.2, 0) is 16.6 Å². The lowest BCUT2D eigenvalue weighted by Crippen LogP contribution is -2.29. The van der Waals surface area contributed by atoms with Gasteiger partial charge in [0.1, 0.15) is 0 Å². The summed E-state index contributed by atoms with van der Waals surface area (Å²) < 4.78 is 27.2. The first-order valence-electron chi connectivity index (χ1n) is 7.63. The van der Waals surface area contributed by atoms with Crippen LogP contribution in [0.3, 0.4) is 0 Å². The van der Waals surface area contributed by atoms with Gasteiger partial charge in [0.05, 0.1) is 4.90 Å². The Morgan fingerprint density at radius 1 is 1.38 bits per heavy atom. The van der Waals surface area contributed by atoms with E-state index in [2.05, 4.69) is 26.1 Å². The third kappa shape index (κ3) is 3.84. The molecule has 0 spiro atoms. The first-order valence-corrected chi connectivity index (χ1v) is 9.07. The number of rotatable bonds is 5. The van der Waals surface area contributed by atoms with Crippen molar-refractivity contribution in [3.8, 4) is 0 Å². The average Bonchev–Trinajstić information content (AvgIpc) is 2.85. The molecular weight excluding hydrogens is 284 g/mol. The van der Waals surface area contributed by atoms with E-state index in [4.69, 9.17) is 0 Å². The number of hydrogen-bond donors (Lipinski definition) is 1. The lowest BCUT2D eigenvalue weighted by atomic mass is 10.1. The molecule has 4 nitrogen and oxygen atoms in total. The van der Waals surface area contributed by atoms with Crippen molar-refractivity contribution in [3.63, 3.8) is 0 Å². The SMILES string of the molecule is Cc1ccc(CNC(C)C)cc1S(=O)(=O)N1CCC(C)C1. The zero-order valence-corrected chi connectivity index (χ0v) is 14.2. The van der Waals surface area contributed by atoms with Crippen molar-refractivity contribution >= 4 is 10.0 Å². The van der Waals surface area contributed by atoms with Crippen LogP contribution >= 0.6 is 0 Å². The van der Waals surface area contributed by atoms with Crippen LogP contribution in [0.15, 0.2) is 23.1 Å². The molecule has 0 saturated carbocycles. The highest BCUT2D eigenvalue weighted by atomic mass is 32.2.